The summed E-state index contributed by atoms with van der Waals surface area (Å²) in [4.78, 5) is 24.4. The maximum Gasteiger partial charge on any atom is 0.338 e. The Balaban J connectivity index is 1.58. The Morgan fingerprint density at radius 3 is 2.00 bits per heavy atom. The van der Waals surface area contributed by atoms with Crippen LogP contribution in [-0.2, 0) is 14.2 Å². The first-order valence-electron chi connectivity index (χ1n) is 8.11. The predicted octanol–water partition coefficient (Wildman–Crippen LogP) is 4.73. The number of esters is 2. The van der Waals surface area contributed by atoms with Crippen LogP contribution in [0.15, 0.2) is 48.5 Å². The fourth-order valence-electron chi connectivity index (χ4n) is 2.56. The fourth-order valence-corrected chi connectivity index (χ4v) is 3.12. The molecule has 1 fully saturated rings. The molecule has 0 spiro atoms. The summed E-state index contributed by atoms with van der Waals surface area (Å²) >= 11 is 17.6. The maximum absolute atomic E-state index is 12.3. The third kappa shape index (κ3) is 5.36. The van der Waals surface area contributed by atoms with Crippen molar-refractivity contribution in [3.8, 4) is 0 Å². The first kappa shape index (κ1) is 20.0. The van der Waals surface area contributed by atoms with Gasteiger partial charge in [-0.25, -0.2) is 9.59 Å². The molecule has 1 heterocycles. The molecule has 0 N–H and O–H groups in total. The summed E-state index contributed by atoms with van der Waals surface area (Å²) in [5, 5.41) is 1.04. The van der Waals surface area contributed by atoms with Crippen molar-refractivity contribution in [1.82, 2.24) is 0 Å². The van der Waals surface area contributed by atoms with Gasteiger partial charge in [-0.05, 0) is 48.5 Å². The highest BCUT2D eigenvalue weighted by Gasteiger charge is 2.38. The van der Waals surface area contributed by atoms with Crippen LogP contribution in [0.4, 0.5) is 0 Å². The van der Waals surface area contributed by atoms with Crippen LogP contribution < -0.4 is 0 Å². The van der Waals surface area contributed by atoms with E-state index >= 15 is 0 Å². The first-order chi connectivity index (χ1) is 12.9. The minimum Gasteiger partial charge on any atom is -0.459 e. The van der Waals surface area contributed by atoms with Crippen LogP contribution in [0.1, 0.15) is 27.1 Å². The Labute approximate surface area is 171 Å². The van der Waals surface area contributed by atoms with Crippen molar-refractivity contribution in [2.45, 2.75) is 24.2 Å². The van der Waals surface area contributed by atoms with Crippen molar-refractivity contribution in [2.24, 2.45) is 0 Å². The quantitative estimate of drug-likeness (QED) is 0.508. The standard InChI is InChI=1S/C19H15Cl3O5/c20-13-5-1-11(2-6-13)18(23)25-10-16-15(9-17(22)26-16)27-19(24)12-3-7-14(21)8-4-12/h1-8,15-17H,9-10H2/t15-,16?,17?/m0/s1. The predicted molar refractivity (Wildman–Crippen MR) is 102 cm³/mol. The Kier molecular flexibility index (Phi) is 6.60. The molecule has 1 aliphatic heterocycles. The van der Waals surface area contributed by atoms with Gasteiger partial charge in [-0.1, -0.05) is 34.8 Å². The van der Waals surface area contributed by atoms with Crippen molar-refractivity contribution in [3.05, 3.63) is 69.7 Å². The molecule has 27 heavy (non-hydrogen) atoms. The Morgan fingerprint density at radius 1 is 0.926 bits per heavy atom. The van der Waals surface area contributed by atoms with Gasteiger partial charge in [-0.2, -0.15) is 0 Å². The molecule has 0 saturated carbocycles. The van der Waals surface area contributed by atoms with Crippen LogP contribution in [-0.4, -0.2) is 36.3 Å². The van der Waals surface area contributed by atoms with Crippen LogP contribution in [0.25, 0.3) is 0 Å². The minimum atomic E-state index is -0.653. The molecule has 3 atom stereocenters. The summed E-state index contributed by atoms with van der Waals surface area (Å²) in [6.07, 6.45) is -0.988. The Hall–Kier alpha value is -1.79. The monoisotopic (exact) mass is 428 g/mol. The van der Waals surface area contributed by atoms with Gasteiger partial charge < -0.3 is 14.2 Å². The van der Waals surface area contributed by atoms with Crippen molar-refractivity contribution in [2.75, 3.05) is 6.61 Å². The number of halogens is 3. The van der Waals surface area contributed by atoms with Gasteiger partial charge in [0.25, 0.3) is 0 Å². The average Bonchev–Trinajstić information content (AvgIpc) is 3.00. The van der Waals surface area contributed by atoms with E-state index < -0.39 is 29.7 Å². The lowest BCUT2D eigenvalue weighted by Gasteiger charge is -2.19. The van der Waals surface area contributed by atoms with Crippen molar-refractivity contribution < 1.29 is 23.8 Å². The fraction of sp³-hybridized carbons (Fsp3) is 0.263. The molecule has 0 amide bonds. The van der Waals surface area contributed by atoms with Crippen LogP contribution in [0.5, 0.6) is 0 Å². The molecule has 0 aliphatic carbocycles. The molecule has 2 unspecified atom stereocenters. The summed E-state index contributed by atoms with van der Waals surface area (Å²) in [5.74, 6) is -1.06. The van der Waals surface area contributed by atoms with E-state index in [-0.39, 0.29) is 6.61 Å². The number of ether oxygens (including phenoxy) is 3. The van der Waals surface area contributed by atoms with Crippen LogP contribution in [0.3, 0.4) is 0 Å². The van der Waals surface area contributed by atoms with E-state index in [4.69, 9.17) is 49.0 Å². The van der Waals surface area contributed by atoms with Gasteiger partial charge in [0.05, 0.1) is 11.1 Å². The molecule has 2 aromatic carbocycles. The van der Waals surface area contributed by atoms with E-state index in [2.05, 4.69) is 0 Å². The number of rotatable bonds is 5. The summed E-state index contributed by atoms with van der Waals surface area (Å²) < 4.78 is 16.2. The van der Waals surface area contributed by atoms with Gasteiger partial charge >= 0.3 is 11.9 Å². The number of benzene rings is 2. The highest BCUT2D eigenvalue weighted by molar-refractivity contribution is 6.31. The zero-order valence-corrected chi connectivity index (χ0v) is 16.2. The number of hydrogen-bond acceptors (Lipinski definition) is 5. The highest BCUT2D eigenvalue weighted by atomic mass is 35.5. The van der Waals surface area contributed by atoms with Crippen LogP contribution in [0.2, 0.25) is 10.0 Å². The van der Waals surface area contributed by atoms with Crippen LogP contribution in [0, 0.1) is 0 Å². The van der Waals surface area contributed by atoms with Gasteiger partial charge in [0, 0.05) is 16.5 Å². The van der Waals surface area contributed by atoms with Gasteiger partial charge in [-0.15, -0.1) is 0 Å². The molecular formula is C19H15Cl3O5. The van der Waals surface area contributed by atoms with Crippen molar-refractivity contribution in [3.63, 3.8) is 0 Å². The van der Waals surface area contributed by atoms with Crippen molar-refractivity contribution in [1.29, 1.82) is 0 Å². The molecule has 0 bridgehead atoms. The Bertz CT molecular complexity index is 807. The molecular weight excluding hydrogens is 415 g/mol. The largest absolute Gasteiger partial charge is 0.459 e. The second-order valence-electron chi connectivity index (χ2n) is 5.88. The van der Waals surface area contributed by atoms with Gasteiger partial charge in [-0.3, -0.25) is 0 Å². The van der Waals surface area contributed by atoms with E-state index in [9.17, 15) is 9.59 Å². The second kappa shape index (κ2) is 8.93. The molecule has 1 saturated heterocycles. The van der Waals surface area contributed by atoms with E-state index in [1.807, 2.05) is 0 Å². The number of hydrogen-bond donors (Lipinski definition) is 0. The summed E-state index contributed by atoms with van der Waals surface area (Å²) in [6, 6.07) is 12.6. The lowest BCUT2D eigenvalue weighted by Crippen LogP contribution is -2.32. The summed E-state index contributed by atoms with van der Waals surface area (Å²) in [5.41, 5.74) is 0.0797. The molecule has 8 heteroatoms. The van der Waals surface area contributed by atoms with Gasteiger partial charge in [0.15, 0.2) is 0 Å². The molecule has 0 aromatic heterocycles. The number of carbonyl (C=O) groups excluding carboxylic acids is 2. The Morgan fingerprint density at radius 2 is 1.44 bits per heavy atom. The molecule has 3 rings (SSSR count). The zero-order chi connectivity index (χ0) is 19.4. The van der Waals surface area contributed by atoms with E-state index in [0.29, 0.717) is 27.6 Å². The normalized spacial score (nSPS) is 21.7. The van der Waals surface area contributed by atoms with E-state index in [1.54, 1.807) is 48.5 Å². The molecule has 1 aliphatic rings. The molecule has 0 radical (unpaired) electrons. The SMILES string of the molecule is O=C(OCC1OC(Cl)C[C@@H]1OC(=O)c1ccc(Cl)cc1)c1ccc(Cl)cc1. The topological polar surface area (TPSA) is 61.8 Å². The number of alkyl halides is 1. The molecule has 5 nitrogen and oxygen atoms in total. The van der Waals surface area contributed by atoms with Gasteiger partial charge in [0.2, 0.25) is 0 Å². The third-order valence-electron chi connectivity index (χ3n) is 3.95. The zero-order valence-electron chi connectivity index (χ0n) is 13.9. The molecule has 142 valence electrons. The summed E-state index contributed by atoms with van der Waals surface area (Å²) in [6.45, 7) is -0.0940. The second-order valence-corrected chi connectivity index (χ2v) is 7.24. The average molecular weight is 430 g/mol. The smallest absolute Gasteiger partial charge is 0.338 e. The minimum absolute atomic E-state index is 0.0940. The third-order valence-corrected chi connectivity index (χ3v) is 4.74. The van der Waals surface area contributed by atoms with E-state index in [0.717, 1.165) is 0 Å². The highest BCUT2D eigenvalue weighted by Crippen LogP contribution is 2.27. The molecule has 2 aromatic rings. The first-order valence-corrected chi connectivity index (χ1v) is 9.30. The lowest BCUT2D eigenvalue weighted by atomic mass is 10.2. The summed E-state index contributed by atoms with van der Waals surface area (Å²) in [7, 11) is 0. The maximum atomic E-state index is 12.3. The van der Waals surface area contributed by atoms with Crippen LogP contribution >= 0.6 is 34.8 Å². The lowest BCUT2D eigenvalue weighted by molar-refractivity contribution is -0.0322. The van der Waals surface area contributed by atoms with Crippen molar-refractivity contribution >= 4 is 46.7 Å². The number of carbonyl (C=O) groups is 2. The van der Waals surface area contributed by atoms with Gasteiger partial charge in [0.1, 0.15) is 24.4 Å². The van der Waals surface area contributed by atoms with E-state index in [1.165, 1.54) is 0 Å².